The fourth-order valence-electron chi connectivity index (χ4n) is 1.21. The van der Waals surface area contributed by atoms with Crippen LogP contribution < -0.4 is 0 Å². The first-order chi connectivity index (χ1) is 10.5. The molecule has 0 aliphatic rings. The molecule has 0 spiro atoms. The standard InChI is InChI=1S/C15H22O8/c1-6-7-12(16)23-15(19,20)11(22-14(18)10(4)5)8-21-13(17)9(2)3/h11,19-20H,2,4,6-8H2,1,3,5H3. The first-order valence-electron chi connectivity index (χ1n) is 6.87. The summed E-state index contributed by atoms with van der Waals surface area (Å²) in [6, 6.07) is 0. The van der Waals surface area contributed by atoms with E-state index in [9.17, 15) is 24.6 Å². The number of carbonyl (C=O) groups excluding carboxylic acids is 3. The van der Waals surface area contributed by atoms with E-state index in [1.54, 1.807) is 6.92 Å². The number of aliphatic hydroxyl groups is 2. The lowest BCUT2D eigenvalue weighted by Gasteiger charge is -2.29. The summed E-state index contributed by atoms with van der Waals surface area (Å²) in [6.07, 6.45) is -1.51. The number of rotatable bonds is 9. The van der Waals surface area contributed by atoms with Gasteiger partial charge in [0, 0.05) is 17.6 Å². The molecule has 23 heavy (non-hydrogen) atoms. The van der Waals surface area contributed by atoms with Crippen molar-refractivity contribution in [2.24, 2.45) is 0 Å². The fourth-order valence-corrected chi connectivity index (χ4v) is 1.21. The maximum absolute atomic E-state index is 11.5. The molecule has 0 aromatic heterocycles. The van der Waals surface area contributed by atoms with Gasteiger partial charge in [-0.25, -0.2) is 9.59 Å². The summed E-state index contributed by atoms with van der Waals surface area (Å²) in [5, 5.41) is 19.7. The summed E-state index contributed by atoms with van der Waals surface area (Å²) < 4.78 is 13.9. The minimum atomic E-state index is -3.16. The fraction of sp³-hybridized carbons (Fsp3) is 0.533. The third-order valence-corrected chi connectivity index (χ3v) is 2.45. The third-order valence-electron chi connectivity index (χ3n) is 2.45. The molecule has 0 aliphatic heterocycles. The number of esters is 3. The smallest absolute Gasteiger partial charge is 0.367 e. The summed E-state index contributed by atoms with van der Waals surface area (Å²) in [5.74, 6) is -5.88. The van der Waals surface area contributed by atoms with E-state index in [0.717, 1.165) is 0 Å². The van der Waals surface area contributed by atoms with E-state index in [1.165, 1.54) is 13.8 Å². The average Bonchev–Trinajstić information content (AvgIpc) is 2.41. The van der Waals surface area contributed by atoms with E-state index >= 15 is 0 Å². The minimum Gasteiger partial charge on any atom is -0.458 e. The van der Waals surface area contributed by atoms with Gasteiger partial charge in [0.15, 0.2) is 0 Å². The van der Waals surface area contributed by atoms with Gasteiger partial charge < -0.3 is 24.4 Å². The molecular weight excluding hydrogens is 308 g/mol. The van der Waals surface area contributed by atoms with Crippen LogP contribution in [0.4, 0.5) is 0 Å². The Balaban J connectivity index is 5.10. The van der Waals surface area contributed by atoms with Crippen LogP contribution in [-0.4, -0.2) is 46.8 Å². The number of hydrogen-bond donors (Lipinski definition) is 2. The molecule has 130 valence electrons. The SMILES string of the molecule is C=C(C)C(=O)OCC(OC(=O)C(=C)C)C(O)(O)OC(=O)CCC. The molecular formula is C15H22O8. The lowest BCUT2D eigenvalue weighted by Crippen LogP contribution is -2.51. The molecule has 0 fully saturated rings. The molecule has 1 unspecified atom stereocenters. The Morgan fingerprint density at radius 1 is 1.09 bits per heavy atom. The lowest BCUT2D eigenvalue weighted by molar-refractivity contribution is -0.362. The summed E-state index contributed by atoms with van der Waals surface area (Å²) in [5.41, 5.74) is 0.0244. The molecule has 0 amide bonds. The van der Waals surface area contributed by atoms with Crippen LogP contribution in [0.1, 0.15) is 33.6 Å². The zero-order chi connectivity index (χ0) is 18.2. The molecule has 2 N–H and O–H groups in total. The number of carbonyl (C=O) groups is 3. The van der Waals surface area contributed by atoms with Crippen molar-refractivity contribution in [3.63, 3.8) is 0 Å². The predicted molar refractivity (Wildman–Crippen MR) is 78.6 cm³/mol. The van der Waals surface area contributed by atoms with Crippen LogP contribution in [0.3, 0.4) is 0 Å². The van der Waals surface area contributed by atoms with Crippen molar-refractivity contribution in [3.8, 4) is 0 Å². The molecule has 0 radical (unpaired) electrons. The second kappa shape index (κ2) is 9.06. The van der Waals surface area contributed by atoms with Crippen molar-refractivity contribution >= 4 is 17.9 Å². The quantitative estimate of drug-likeness (QED) is 0.273. The number of hydrogen-bond acceptors (Lipinski definition) is 8. The van der Waals surface area contributed by atoms with E-state index in [4.69, 9.17) is 9.47 Å². The van der Waals surface area contributed by atoms with E-state index in [0.29, 0.717) is 6.42 Å². The van der Waals surface area contributed by atoms with Gasteiger partial charge in [0.2, 0.25) is 6.10 Å². The Bertz CT molecular complexity index is 492. The van der Waals surface area contributed by atoms with Gasteiger partial charge in [-0.2, -0.15) is 0 Å². The Kier molecular flexibility index (Phi) is 8.20. The zero-order valence-corrected chi connectivity index (χ0v) is 13.5. The summed E-state index contributed by atoms with van der Waals surface area (Å²) in [7, 11) is 0. The topological polar surface area (TPSA) is 119 Å². The van der Waals surface area contributed by atoms with E-state index in [1.807, 2.05) is 0 Å². The van der Waals surface area contributed by atoms with Crippen LogP contribution in [0, 0.1) is 0 Å². The van der Waals surface area contributed by atoms with Crippen molar-refractivity contribution in [1.29, 1.82) is 0 Å². The van der Waals surface area contributed by atoms with Gasteiger partial charge in [0.05, 0.1) is 0 Å². The van der Waals surface area contributed by atoms with Crippen LogP contribution in [0.2, 0.25) is 0 Å². The van der Waals surface area contributed by atoms with Crippen molar-refractivity contribution in [1.82, 2.24) is 0 Å². The molecule has 1 atom stereocenters. The Hall–Kier alpha value is -2.19. The minimum absolute atomic E-state index is 0.0306. The molecule has 0 aromatic rings. The van der Waals surface area contributed by atoms with Gasteiger partial charge in [0.25, 0.3) is 0 Å². The van der Waals surface area contributed by atoms with Crippen molar-refractivity contribution in [2.45, 2.75) is 45.7 Å². The molecule has 0 saturated carbocycles. The zero-order valence-electron chi connectivity index (χ0n) is 13.5. The van der Waals surface area contributed by atoms with Crippen LogP contribution >= 0.6 is 0 Å². The van der Waals surface area contributed by atoms with Gasteiger partial charge in [-0.3, -0.25) is 4.79 Å². The Labute approximate surface area is 134 Å². The Morgan fingerprint density at radius 3 is 2.04 bits per heavy atom. The lowest BCUT2D eigenvalue weighted by atomic mass is 10.2. The maximum atomic E-state index is 11.5. The normalized spacial score (nSPS) is 12.0. The van der Waals surface area contributed by atoms with E-state index in [-0.39, 0.29) is 17.6 Å². The average molecular weight is 330 g/mol. The molecule has 0 aliphatic carbocycles. The van der Waals surface area contributed by atoms with Crippen molar-refractivity contribution < 1.29 is 38.8 Å². The molecule has 0 bridgehead atoms. The highest BCUT2D eigenvalue weighted by Gasteiger charge is 2.43. The van der Waals surface area contributed by atoms with Crippen molar-refractivity contribution in [2.75, 3.05) is 6.61 Å². The van der Waals surface area contributed by atoms with Crippen LogP contribution in [0.25, 0.3) is 0 Å². The van der Waals surface area contributed by atoms with Gasteiger partial charge in [-0.1, -0.05) is 20.1 Å². The molecule has 0 saturated heterocycles. The van der Waals surface area contributed by atoms with Crippen LogP contribution in [-0.2, 0) is 28.6 Å². The summed E-state index contributed by atoms with van der Waals surface area (Å²) in [6.45, 7) is 10.3. The molecule has 0 heterocycles. The maximum Gasteiger partial charge on any atom is 0.367 e. The second-order valence-corrected chi connectivity index (χ2v) is 4.94. The first kappa shape index (κ1) is 20.8. The van der Waals surface area contributed by atoms with Gasteiger partial charge in [0.1, 0.15) is 6.61 Å². The van der Waals surface area contributed by atoms with E-state index in [2.05, 4.69) is 17.9 Å². The third kappa shape index (κ3) is 7.57. The molecule has 8 nitrogen and oxygen atoms in total. The predicted octanol–water partition coefficient (Wildman–Crippen LogP) is 0.575. The highest BCUT2D eigenvalue weighted by molar-refractivity contribution is 5.87. The Morgan fingerprint density at radius 2 is 1.61 bits per heavy atom. The summed E-state index contributed by atoms with van der Waals surface area (Å²) in [4.78, 5) is 34.3. The van der Waals surface area contributed by atoms with Crippen LogP contribution in [0.15, 0.2) is 24.3 Å². The molecule has 0 aromatic carbocycles. The largest absolute Gasteiger partial charge is 0.458 e. The van der Waals surface area contributed by atoms with Crippen molar-refractivity contribution in [3.05, 3.63) is 24.3 Å². The van der Waals surface area contributed by atoms with E-state index < -0.39 is 36.6 Å². The number of ether oxygens (including phenoxy) is 3. The highest BCUT2D eigenvalue weighted by atomic mass is 16.8. The monoisotopic (exact) mass is 330 g/mol. The molecule has 0 rings (SSSR count). The van der Waals surface area contributed by atoms with Gasteiger partial charge in [-0.05, 0) is 20.3 Å². The van der Waals surface area contributed by atoms with Crippen LogP contribution in [0.5, 0.6) is 0 Å². The second-order valence-electron chi connectivity index (χ2n) is 4.94. The highest BCUT2D eigenvalue weighted by Crippen LogP contribution is 2.17. The van der Waals surface area contributed by atoms with Gasteiger partial charge in [-0.15, -0.1) is 0 Å². The molecule has 8 heteroatoms. The summed E-state index contributed by atoms with van der Waals surface area (Å²) >= 11 is 0. The first-order valence-corrected chi connectivity index (χ1v) is 6.87. The van der Waals surface area contributed by atoms with Gasteiger partial charge >= 0.3 is 23.9 Å².